The fourth-order valence-corrected chi connectivity index (χ4v) is 4.48. The summed E-state index contributed by atoms with van der Waals surface area (Å²) in [5.41, 5.74) is 1.79. The summed E-state index contributed by atoms with van der Waals surface area (Å²) in [6.45, 7) is 0.628. The molecule has 154 valence electrons. The molecule has 1 aliphatic heterocycles. The Labute approximate surface area is 181 Å². The number of amides is 2. The number of nitrogens with one attached hydrogen (secondary N) is 2. The SMILES string of the molecule is O=C(CCN1C(=O)C(=Cc2ccco2)SC1=S)NCCc1c[nH]c2ccc(F)cc12. The molecule has 0 unspecified atom stereocenters. The Balaban J connectivity index is 1.27. The zero-order valence-electron chi connectivity index (χ0n) is 15.8. The molecule has 0 saturated carbocycles. The molecule has 2 aromatic heterocycles. The van der Waals surface area contributed by atoms with Crippen molar-refractivity contribution >= 4 is 57.1 Å². The van der Waals surface area contributed by atoms with Crippen LogP contribution in [0.4, 0.5) is 4.39 Å². The third-order valence-corrected chi connectivity index (χ3v) is 6.08. The first kappa shape index (κ1) is 20.4. The number of benzene rings is 1. The molecule has 30 heavy (non-hydrogen) atoms. The zero-order valence-corrected chi connectivity index (χ0v) is 17.4. The van der Waals surface area contributed by atoms with Crippen LogP contribution in [0, 0.1) is 5.82 Å². The maximum Gasteiger partial charge on any atom is 0.266 e. The van der Waals surface area contributed by atoms with Gasteiger partial charge in [0.25, 0.3) is 5.91 Å². The molecule has 0 spiro atoms. The van der Waals surface area contributed by atoms with Gasteiger partial charge in [0.15, 0.2) is 0 Å². The molecular formula is C21H18FN3O3S2. The third kappa shape index (κ3) is 4.47. The van der Waals surface area contributed by atoms with Gasteiger partial charge in [0.05, 0.1) is 11.2 Å². The molecule has 0 radical (unpaired) electrons. The predicted octanol–water partition coefficient (Wildman–Crippen LogP) is 3.85. The number of hydrogen-bond donors (Lipinski definition) is 2. The largest absolute Gasteiger partial charge is 0.465 e. The van der Waals surface area contributed by atoms with Crippen LogP contribution in [0.3, 0.4) is 0 Å². The molecule has 9 heteroatoms. The van der Waals surface area contributed by atoms with Crippen LogP contribution in [0.25, 0.3) is 17.0 Å². The van der Waals surface area contributed by atoms with Crippen molar-refractivity contribution in [2.75, 3.05) is 13.1 Å². The minimum atomic E-state index is -0.294. The van der Waals surface area contributed by atoms with E-state index in [2.05, 4.69) is 10.3 Å². The van der Waals surface area contributed by atoms with Crippen LogP contribution in [0.1, 0.15) is 17.7 Å². The average molecular weight is 444 g/mol. The number of carbonyl (C=O) groups excluding carboxylic acids is 2. The number of carbonyl (C=O) groups is 2. The Morgan fingerprint density at radius 1 is 1.37 bits per heavy atom. The number of thiocarbonyl (C=S) groups is 1. The highest BCUT2D eigenvalue weighted by molar-refractivity contribution is 8.26. The number of aromatic nitrogens is 1. The van der Waals surface area contributed by atoms with E-state index in [1.54, 1.807) is 24.3 Å². The van der Waals surface area contributed by atoms with E-state index in [1.165, 1.54) is 35.1 Å². The number of thioether (sulfide) groups is 1. The van der Waals surface area contributed by atoms with E-state index in [-0.39, 0.29) is 30.6 Å². The minimum absolute atomic E-state index is 0.142. The van der Waals surface area contributed by atoms with Crippen molar-refractivity contribution in [2.24, 2.45) is 0 Å². The smallest absolute Gasteiger partial charge is 0.266 e. The Morgan fingerprint density at radius 3 is 3.03 bits per heavy atom. The molecule has 1 saturated heterocycles. The second-order valence-corrected chi connectivity index (χ2v) is 8.38. The molecule has 0 bridgehead atoms. The highest BCUT2D eigenvalue weighted by Gasteiger charge is 2.32. The highest BCUT2D eigenvalue weighted by atomic mass is 32.2. The molecule has 0 atom stereocenters. The van der Waals surface area contributed by atoms with Crippen LogP contribution in [0.5, 0.6) is 0 Å². The lowest BCUT2D eigenvalue weighted by molar-refractivity contribution is -0.123. The van der Waals surface area contributed by atoms with E-state index in [4.69, 9.17) is 16.6 Å². The molecule has 3 aromatic rings. The van der Waals surface area contributed by atoms with Crippen molar-refractivity contribution in [3.05, 3.63) is 64.8 Å². The van der Waals surface area contributed by atoms with Gasteiger partial charge in [0.2, 0.25) is 5.91 Å². The second kappa shape index (κ2) is 8.85. The Hall–Kier alpha value is -2.91. The van der Waals surface area contributed by atoms with Crippen molar-refractivity contribution in [1.82, 2.24) is 15.2 Å². The first-order valence-electron chi connectivity index (χ1n) is 9.32. The number of fused-ring (bicyclic) bond motifs is 1. The van der Waals surface area contributed by atoms with Gasteiger partial charge in [-0.2, -0.15) is 0 Å². The summed E-state index contributed by atoms with van der Waals surface area (Å²) in [5, 5.41) is 3.65. The fraction of sp³-hybridized carbons (Fsp3) is 0.190. The van der Waals surface area contributed by atoms with Gasteiger partial charge >= 0.3 is 0 Å². The summed E-state index contributed by atoms with van der Waals surface area (Å²) in [7, 11) is 0. The number of rotatable bonds is 7. The summed E-state index contributed by atoms with van der Waals surface area (Å²) in [4.78, 5) is 29.7. The number of hydrogen-bond acceptors (Lipinski definition) is 5. The first-order valence-corrected chi connectivity index (χ1v) is 10.5. The molecule has 4 rings (SSSR count). The van der Waals surface area contributed by atoms with Crippen molar-refractivity contribution < 1.29 is 18.4 Å². The van der Waals surface area contributed by atoms with Crippen LogP contribution >= 0.6 is 24.0 Å². The van der Waals surface area contributed by atoms with E-state index in [0.29, 0.717) is 28.0 Å². The van der Waals surface area contributed by atoms with Gasteiger partial charge in [-0.15, -0.1) is 0 Å². The van der Waals surface area contributed by atoms with Crippen molar-refractivity contribution in [3.8, 4) is 0 Å². The maximum absolute atomic E-state index is 13.5. The Kier molecular flexibility index (Phi) is 6.01. The topological polar surface area (TPSA) is 78.3 Å². The summed E-state index contributed by atoms with van der Waals surface area (Å²) in [6.07, 6.45) is 5.71. The van der Waals surface area contributed by atoms with Gasteiger partial charge in [-0.1, -0.05) is 24.0 Å². The van der Waals surface area contributed by atoms with E-state index in [0.717, 1.165) is 16.5 Å². The van der Waals surface area contributed by atoms with E-state index in [9.17, 15) is 14.0 Å². The monoisotopic (exact) mass is 443 g/mol. The number of furan rings is 1. The minimum Gasteiger partial charge on any atom is -0.465 e. The number of H-pyrrole nitrogens is 1. The maximum atomic E-state index is 13.5. The lowest BCUT2D eigenvalue weighted by Crippen LogP contribution is -2.34. The first-order chi connectivity index (χ1) is 14.5. The van der Waals surface area contributed by atoms with Crippen molar-refractivity contribution in [1.29, 1.82) is 0 Å². The molecule has 3 heterocycles. The Morgan fingerprint density at radius 2 is 2.23 bits per heavy atom. The molecule has 6 nitrogen and oxygen atoms in total. The summed E-state index contributed by atoms with van der Waals surface area (Å²) >= 11 is 6.46. The van der Waals surface area contributed by atoms with Gasteiger partial charge < -0.3 is 14.7 Å². The molecule has 2 N–H and O–H groups in total. The molecular weight excluding hydrogens is 425 g/mol. The summed E-state index contributed by atoms with van der Waals surface area (Å²) in [5.74, 6) is -0.123. The highest BCUT2D eigenvalue weighted by Crippen LogP contribution is 2.32. The molecule has 1 fully saturated rings. The predicted molar refractivity (Wildman–Crippen MR) is 118 cm³/mol. The number of nitrogens with zero attached hydrogens (tertiary/aromatic N) is 1. The molecule has 1 aliphatic rings. The second-order valence-electron chi connectivity index (χ2n) is 6.70. The lowest BCUT2D eigenvalue weighted by atomic mass is 10.1. The average Bonchev–Trinajstić information content (AvgIpc) is 3.42. The standard InChI is InChI=1S/C21H18FN3O3S2/c22-14-3-4-17-16(10-14)13(12-24-17)5-7-23-19(26)6-8-25-20(27)18(30-21(25)29)11-15-2-1-9-28-15/h1-4,9-12,24H,5-8H2,(H,23,26). The molecule has 1 aromatic carbocycles. The summed E-state index contributed by atoms with van der Waals surface area (Å²) < 4.78 is 19.1. The van der Waals surface area contributed by atoms with Crippen molar-refractivity contribution in [2.45, 2.75) is 12.8 Å². The van der Waals surface area contributed by atoms with Gasteiger partial charge in [-0.25, -0.2) is 4.39 Å². The van der Waals surface area contributed by atoms with Crippen LogP contribution in [-0.2, 0) is 16.0 Å². The van der Waals surface area contributed by atoms with Crippen molar-refractivity contribution in [3.63, 3.8) is 0 Å². The zero-order chi connectivity index (χ0) is 21.1. The number of aromatic amines is 1. The lowest BCUT2D eigenvalue weighted by Gasteiger charge is -2.14. The fourth-order valence-electron chi connectivity index (χ4n) is 3.19. The van der Waals surface area contributed by atoms with Gasteiger partial charge in [0.1, 0.15) is 15.9 Å². The quantitative estimate of drug-likeness (QED) is 0.428. The molecule has 2 amide bonds. The van der Waals surface area contributed by atoms with Crippen LogP contribution in [0.2, 0.25) is 0 Å². The van der Waals surface area contributed by atoms with Crippen LogP contribution in [-0.4, -0.2) is 39.1 Å². The Bertz CT molecular complexity index is 1140. The third-order valence-electron chi connectivity index (χ3n) is 4.70. The van der Waals surface area contributed by atoms with E-state index in [1.807, 2.05) is 6.20 Å². The van der Waals surface area contributed by atoms with Gasteiger partial charge in [0, 0.05) is 42.7 Å². The molecule has 0 aliphatic carbocycles. The van der Waals surface area contributed by atoms with Gasteiger partial charge in [-0.3, -0.25) is 14.5 Å². The van der Waals surface area contributed by atoms with Crippen LogP contribution in [0.15, 0.2) is 52.1 Å². The number of halogens is 1. The normalized spacial score (nSPS) is 15.5. The van der Waals surface area contributed by atoms with Crippen LogP contribution < -0.4 is 5.32 Å². The summed E-state index contributed by atoms with van der Waals surface area (Å²) in [6, 6.07) is 8.07. The van der Waals surface area contributed by atoms with E-state index >= 15 is 0 Å². The van der Waals surface area contributed by atoms with Gasteiger partial charge in [-0.05, 0) is 42.3 Å². The van der Waals surface area contributed by atoms with E-state index < -0.39 is 0 Å².